The molecular formula is C22H33N5O7. The molecule has 1 rings (SSSR count). The highest BCUT2D eigenvalue weighted by Crippen LogP contribution is 2.13. The van der Waals surface area contributed by atoms with Gasteiger partial charge in [-0.05, 0) is 37.0 Å². The largest absolute Gasteiger partial charge is 0.508 e. The van der Waals surface area contributed by atoms with E-state index in [9.17, 15) is 34.2 Å². The van der Waals surface area contributed by atoms with Crippen LogP contribution in [0.5, 0.6) is 5.75 Å². The van der Waals surface area contributed by atoms with Crippen LogP contribution in [0.4, 0.5) is 0 Å². The van der Waals surface area contributed by atoms with Crippen molar-refractivity contribution in [3.05, 3.63) is 29.8 Å². The van der Waals surface area contributed by atoms with Crippen LogP contribution in [0, 0.1) is 5.92 Å². The normalized spacial score (nSPS) is 14.4. The molecule has 0 bridgehead atoms. The van der Waals surface area contributed by atoms with Gasteiger partial charge in [0.05, 0.1) is 12.5 Å². The third kappa shape index (κ3) is 9.86. The first-order valence-corrected chi connectivity index (χ1v) is 10.8. The van der Waals surface area contributed by atoms with Gasteiger partial charge < -0.3 is 37.6 Å². The number of carboxylic acid groups (broad SMARTS) is 1. The molecule has 0 aliphatic heterocycles. The second-order valence-corrected chi connectivity index (χ2v) is 8.48. The third-order valence-electron chi connectivity index (χ3n) is 4.78. The first-order valence-electron chi connectivity index (χ1n) is 10.8. The van der Waals surface area contributed by atoms with Crippen molar-refractivity contribution >= 4 is 29.6 Å². The first-order chi connectivity index (χ1) is 15.8. The molecule has 9 N–H and O–H groups in total. The Morgan fingerprint density at radius 2 is 1.35 bits per heavy atom. The number of benzene rings is 1. The van der Waals surface area contributed by atoms with E-state index in [-0.39, 0.29) is 24.5 Å². The summed E-state index contributed by atoms with van der Waals surface area (Å²) in [6.45, 7) is 5.16. The SMILES string of the molecule is CC(C)CC(NC(=O)C(C)N)C(=O)NC(Cc1ccc(O)cc1)C(=O)NC(CC(N)=O)C(=O)O. The summed E-state index contributed by atoms with van der Waals surface area (Å²) in [5.41, 5.74) is 11.2. The lowest BCUT2D eigenvalue weighted by molar-refractivity contribution is -0.143. The Hall–Kier alpha value is -3.67. The number of hydrogen-bond donors (Lipinski definition) is 7. The summed E-state index contributed by atoms with van der Waals surface area (Å²) in [4.78, 5) is 60.6. The van der Waals surface area contributed by atoms with Crippen molar-refractivity contribution in [1.29, 1.82) is 0 Å². The average Bonchev–Trinajstić information content (AvgIpc) is 2.72. The number of carbonyl (C=O) groups excluding carboxylic acids is 4. The van der Waals surface area contributed by atoms with Gasteiger partial charge in [-0.15, -0.1) is 0 Å². The monoisotopic (exact) mass is 479 g/mol. The van der Waals surface area contributed by atoms with Gasteiger partial charge in [-0.2, -0.15) is 0 Å². The summed E-state index contributed by atoms with van der Waals surface area (Å²) in [6.07, 6.45) is -0.435. The lowest BCUT2D eigenvalue weighted by Gasteiger charge is -2.25. The van der Waals surface area contributed by atoms with Crippen molar-refractivity contribution in [2.75, 3.05) is 0 Å². The van der Waals surface area contributed by atoms with Crippen molar-refractivity contribution in [2.24, 2.45) is 17.4 Å². The quantitative estimate of drug-likeness (QED) is 0.181. The van der Waals surface area contributed by atoms with Crippen LogP contribution in [0.1, 0.15) is 39.2 Å². The highest BCUT2D eigenvalue weighted by atomic mass is 16.4. The number of phenols is 1. The maximum atomic E-state index is 13.0. The summed E-state index contributed by atoms with van der Waals surface area (Å²) in [6, 6.07) is 1.15. The van der Waals surface area contributed by atoms with Crippen LogP contribution in [0.2, 0.25) is 0 Å². The number of primary amides is 1. The zero-order valence-corrected chi connectivity index (χ0v) is 19.4. The fourth-order valence-electron chi connectivity index (χ4n) is 3.03. The number of rotatable bonds is 13. The van der Waals surface area contributed by atoms with Crippen LogP contribution >= 0.6 is 0 Å². The highest BCUT2D eigenvalue weighted by molar-refractivity contribution is 5.95. The van der Waals surface area contributed by atoms with Gasteiger partial charge in [0.1, 0.15) is 23.9 Å². The number of phenolic OH excluding ortho intramolecular Hbond substituents is 1. The minimum atomic E-state index is -1.59. The van der Waals surface area contributed by atoms with E-state index in [1.165, 1.54) is 31.2 Å². The molecule has 4 atom stereocenters. The molecule has 12 heteroatoms. The number of carbonyl (C=O) groups is 5. The smallest absolute Gasteiger partial charge is 0.326 e. The Morgan fingerprint density at radius 1 is 0.853 bits per heavy atom. The Morgan fingerprint density at radius 3 is 1.82 bits per heavy atom. The van der Waals surface area contributed by atoms with Crippen LogP contribution in [0.3, 0.4) is 0 Å². The molecule has 0 spiro atoms. The molecule has 12 nitrogen and oxygen atoms in total. The Labute approximate surface area is 197 Å². The van der Waals surface area contributed by atoms with Crippen molar-refractivity contribution < 1.29 is 34.2 Å². The van der Waals surface area contributed by atoms with E-state index < -0.39 is 60.2 Å². The summed E-state index contributed by atoms with van der Waals surface area (Å²) in [5.74, 6) is -4.46. The molecule has 1 aromatic carbocycles. The van der Waals surface area contributed by atoms with Gasteiger partial charge in [-0.25, -0.2) is 4.79 Å². The molecule has 0 saturated carbocycles. The predicted octanol–water partition coefficient (Wildman–Crippen LogP) is -1.26. The van der Waals surface area contributed by atoms with Crippen molar-refractivity contribution in [3.8, 4) is 5.75 Å². The van der Waals surface area contributed by atoms with E-state index in [0.29, 0.717) is 5.56 Å². The average molecular weight is 480 g/mol. The second-order valence-electron chi connectivity index (χ2n) is 8.48. The summed E-state index contributed by atoms with van der Waals surface area (Å²) in [5, 5.41) is 26.1. The molecule has 0 saturated heterocycles. The number of nitrogens with two attached hydrogens (primary N) is 2. The molecule has 0 fully saturated rings. The zero-order valence-electron chi connectivity index (χ0n) is 19.4. The fourth-order valence-corrected chi connectivity index (χ4v) is 3.03. The van der Waals surface area contributed by atoms with Gasteiger partial charge in [-0.1, -0.05) is 26.0 Å². The number of hydrogen-bond acceptors (Lipinski definition) is 7. The van der Waals surface area contributed by atoms with Crippen LogP contribution in [-0.2, 0) is 30.4 Å². The summed E-state index contributed by atoms with van der Waals surface area (Å²) < 4.78 is 0. The van der Waals surface area contributed by atoms with Crippen LogP contribution < -0.4 is 27.4 Å². The minimum absolute atomic E-state index is 0.00296. The number of nitrogens with one attached hydrogen (secondary N) is 3. The predicted molar refractivity (Wildman–Crippen MR) is 122 cm³/mol. The summed E-state index contributed by atoms with van der Waals surface area (Å²) >= 11 is 0. The van der Waals surface area contributed by atoms with Gasteiger partial charge in [0.2, 0.25) is 23.6 Å². The maximum Gasteiger partial charge on any atom is 0.326 e. The number of amides is 4. The molecule has 4 amide bonds. The van der Waals surface area contributed by atoms with Crippen LogP contribution in [0.25, 0.3) is 0 Å². The molecule has 0 aliphatic carbocycles. The number of carboxylic acids is 1. The van der Waals surface area contributed by atoms with E-state index in [0.717, 1.165) is 0 Å². The van der Waals surface area contributed by atoms with Gasteiger partial charge in [0, 0.05) is 6.42 Å². The molecule has 0 aliphatic rings. The second kappa shape index (κ2) is 13.1. The zero-order chi connectivity index (χ0) is 26.0. The van der Waals surface area contributed by atoms with Crippen LogP contribution in [0.15, 0.2) is 24.3 Å². The lowest BCUT2D eigenvalue weighted by Crippen LogP contribution is -2.57. The lowest BCUT2D eigenvalue weighted by atomic mass is 10.0. The van der Waals surface area contributed by atoms with E-state index in [2.05, 4.69) is 16.0 Å². The topological polar surface area (TPSA) is 214 Å². The van der Waals surface area contributed by atoms with E-state index in [4.69, 9.17) is 11.5 Å². The Bertz CT molecular complexity index is 886. The first kappa shape index (κ1) is 28.4. The third-order valence-corrected chi connectivity index (χ3v) is 4.78. The van der Waals surface area contributed by atoms with Gasteiger partial charge >= 0.3 is 5.97 Å². The Balaban J connectivity index is 3.16. The van der Waals surface area contributed by atoms with E-state index in [1.54, 1.807) is 0 Å². The highest BCUT2D eigenvalue weighted by Gasteiger charge is 2.31. The van der Waals surface area contributed by atoms with Gasteiger partial charge in [0.15, 0.2) is 0 Å². The number of aromatic hydroxyl groups is 1. The van der Waals surface area contributed by atoms with Gasteiger partial charge in [-0.3, -0.25) is 19.2 Å². The number of aliphatic carboxylic acids is 1. The van der Waals surface area contributed by atoms with Crippen LogP contribution in [-0.4, -0.2) is 64.0 Å². The van der Waals surface area contributed by atoms with Gasteiger partial charge in [0.25, 0.3) is 0 Å². The molecular weight excluding hydrogens is 446 g/mol. The molecule has 188 valence electrons. The molecule has 0 heterocycles. The summed E-state index contributed by atoms with van der Waals surface area (Å²) in [7, 11) is 0. The molecule has 0 aromatic heterocycles. The van der Waals surface area contributed by atoms with Crippen molar-refractivity contribution in [2.45, 2.75) is 64.2 Å². The molecule has 0 radical (unpaired) electrons. The molecule has 1 aromatic rings. The van der Waals surface area contributed by atoms with E-state index >= 15 is 0 Å². The molecule has 34 heavy (non-hydrogen) atoms. The van der Waals surface area contributed by atoms with Crippen molar-refractivity contribution in [1.82, 2.24) is 16.0 Å². The maximum absolute atomic E-state index is 13.0. The Kier molecular flexibility index (Phi) is 11.0. The molecule has 4 unspecified atom stereocenters. The standard InChI is InChI=1S/C22H33N5O7/c1-11(2)8-15(25-19(30)12(3)23)20(31)26-16(9-13-4-6-14(28)7-5-13)21(32)27-17(22(33)34)10-18(24)29/h4-7,11-12,15-17,28H,8-10,23H2,1-3H3,(H2,24,29)(H,25,30)(H,26,31)(H,27,32)(H,33,34). The minimum Gasteiger partial charge on any atom is -0.508 e. The van der Waals surface area contributed by atoms with Crippen molar-refractivity contribution in [3.63, 3.8) is 0 Å². The van der Waals surface area contributed by atoms with E-state index in [1.807, 2.05) is 13.8 Å². The fraction of sp³-hybridized carbons (Fsp3) is 0.500.